The van der Waals surface area contributed by atoms with Crippen LogP contribution in [0.15, 0.2) is 61.1 Å². The fourth-order valence-electron chi connectivity index (χ4n) is 2.59. The molecule has 0 bridgehead atoms. The van der Waals surface area contributed by atoms with Gasteiger partial charge in [0.05, 0.1) is 17.1 Å². The van der Waals surface area contributed by atoms with Crippen molar-refractivity contribution in [3.05, 3.63) is 71.5 Å². The molecule has 1 amide bonds. The van der Waals surface area contributed by atoms with Gasteiger partial charge in [-0.05, 0) is 35.9 Å². The van der Waals surface area contributed by atoms with Crippen LogP contribution in [-0.2, 0) is 6.54 Å². The highest BCUT2D eigenvalue weighted by Crippen LogP contribution is 2.33. The summed E-state index contributed by atoms with van der Waals surface area (Å²) in [5, 5.41) is 3.65. The molecule has 3 N–H and O–H groups in total. The molecule has 0 spiro atoms. The van der Waals surface area contributed by atoms with Crippen LogP contribution in [0.2, 0.25) is 0 Å². The molecule has 4 aromatic rings. The van der Waals surface area contributed by atoms with E-state index < -0.39 is 0 Å². The third-order valence-corrected chi connectivity index (χ3v) is 5.02. The fraction of sp³-hybridized carbons (Fsp3) is 0.0526. The molecule has 0 aliphatic heterocycles. The topological polar surface area (TPSA) is 93.8 Å². The second-order valence-corrected chi connectivity index (χ2v) is 6.65. The Kier molecular flexibility index (Phi) is 4.28. The first-order valence-electron chi connectivity index (χ1n) is 8.00. The molecule has 0 saturated carbocycles. The van der Waals surface area contributed by atoms with E-state index in [1.807, 2.05) is 42.5 Å². The number of anilines is 1. The van der Waals surface area contributed by atoms with Crippen LogP contribution in [0.1, 0.15) is 15.2 Å². The monoisotopic (exact) mass is 361 g/mol. The van der Waals surface area contributed by atoms with Gasteiger partial charge in [-0.2, -0.15) is 0 Å². The molecule has 4 aromatic heterocycles. The average Bonchev–Trinajstić information content (AvgIpc) is 3.04. The SMILES string of the molecule is Nc1c(C(=O)NCc2cccnc2)sc2nc(-c3ccccn3)ccc12. The minimum Gasteiger partial charge on any atom is -0.397 e. The maximum atomic E-state index is 12.5. The van der Waals surface area contributed by atoms with E-state index in [-0.39, 0.29) is 5.91 Å². The molecule has 26 heavy (non-hydrogen) atoms. The molecule has 4 heterocycles. The number of pyridine rings is 3. The number of nitrogen functional groups attached to an aromatic ring is 1. The van der Waals surface area contributed by atoms with E-state index >= 15 is 0 Å². The number of nitrogens with one attached hydrogen (secondary N) is 1. The van der Waals surface area contributed by atoms with Crippen molar-refractivity contribution in [2.45, 2.75) is 6.54 Å². The molecule has 7 heteroatoms. The van der Waals surface area contributed by atoms with Crippen LogP contribution in [0.4, 0.5) is 5.69 Å². The van der Waals surface area contributed by atoms with E-state index in [4.69, 9.17) is 5.73 Å². The number of carbonyl (C=O) groups excluding carboxylic acids is 1. The summed E-state index contributed by atoms with van der Waals surface area (Å²) in [6.45, 7) is 0.396. The maximum absolute atomic E-state index is 12.5. The van der Waals surface area contributed by atoms with Crippen LogP contribution in [0.3, 0.4) is 0 Å². The van der Waals surface area contributed by atoms with Crippen LogP contribution in [0, 0.1) is 0 Å². The molecular weight excluding hydrogens is 346 g/mol. The van der Waals surface area contributed by atoms with Crippen LogP contribution in [0.25, 0.3) is 21.6 Å². The predicted octanol–water partition coefficient (Wildman–Crippen LogP) is 3.27. The van der Waals surface area contributed by atoms with E-state index in [1.165, 1.54) is 11.3 Å². The number of thiophene rings is 1. The lowest BCUT2D eigenvalue weighted by Crippen LogP contribution is -2.22. The number of nitrogens with zero attached hydrogens (tertiary/aromatic N) is 3. The summed E-state index contributed by atoms with van der Waals surface area (Å²) in [5.41, 5.74) is 9.09. The largest absolute Gasteiger partial charge is 0.397 e. The first-order valence-corrected chi connectivity index (χ1v) is 8.81. The van der Waals surface area contributed by atoms with Crippen molar-refractivity contribution in [2.75, 3.05) is 5.73 Å². The van der Waals surface area contributed by atoms with Crippen LogP contribution < -0.4 is 11.1 Å². The number of aromatic nitrogens is 3. The van der Waals surface area contributed by atoms with Crippen molar-refractivity contribution >= 4 is 33.1 Å². The van der Waals surface area contributed by atoms with Gasteiger partial charge in [0.25, 0.3) is 5.91 Å². The Hall–Kier alpha value is -3.32. The van der Waals surface area contributed by atoms with Gasteiger partial charge < -0.3 is 11.1 Å². The van der Waals surface area contributed by atoms with E-state index in [9.17, 15) is 4.79 Å². The lowest BCUT2D eigenvalue weighted by Gasteiger charge is -2.03. The summed E-state index contributed by atoms with van der Waals surface area (Å²) < 4.78 is 0. The molecule has 0 unspecified atom stereocenters. The Balaban J connectivity index is 1.61. The Bertz CT molecular complexity index is 1060. The van der Waals surface area contributed by atoms with E-state index in [1.54, 1.807) is 18.6 Å². The van der Waals surface area contributed by atoms with Gasteiger partial charge >= 0.3 is 0 Å². The fourth-order valence-corrected chi connectivity index (χ4v) is 3.60. The molecular formula is C19H15N5OS. The molecule has 0 radical (unpaired) electrons. The van der Waals surface area contributed by atoms with Crippen LogP contribution in [0.5, 0.6) is 0 Å². The minimum absolute atomic E-state index is 0.214. The zero-order valence-corrected chi connectivity index (χ0v) is 14.5. The van der Waals surface area contributed by atoms with Gasteiger partial charge in [0.2, 0.25) is 0 Å². The quantitative estimate of drug-likeness (QED) is 0.582. The predicted molar refractivity (Wildman–Crippen MR) is 103 cm³/mol. The Morgan fingerprint density at radius 2 is 2.00 bits per heavy atom. The molecule has 0 aromatic carbocycles. The van der Waals surface area contributed by atoms with Gasteiger partial charge in [-0.3, -0.25) is 14.8 Å². The summed E-state index contributed by atoms with van der Waals surface area (Å²) in [7, 11) is 0. The van der Waals surface area contributed by atoms with Crippen LogP contribution >= 0.6 is 11.3 Å². The smallest absolute Gasteiger partial charge is 0.263 e. The Morgan fingerprint density at radius 3 is 2.77 bits per heavy atom. The molecule has 0 aliphatic rings. The van der Waals surface area contributed by atoms with Crippen molar-refractivity contribution < 1.29 is 4.79 Å². The molecule has 6 nitrogen and oxygen atoms in total. The highest BCUT2D eigenvalue weighted by molar-refractivity contribution is 7.21. The Morgan fingerprint density at radius 1 is 1.08 bits per heavy atom. The number of amides is 1. The molecule has 0 fully saturated rings. The molecule has 0 aliphatic carbocycles. The lowest BCUT2D eigenvalue weighted by atomic mass is 10.2. The number of carbonyl (C=O) groups is 1. The van der Waals surface area contributed by atoms with E-state index in [0.717, 1.165) is 27.2 Å². The van der Waals surface area contributed by atoms with Crippen molar-refractivity contribution in [1.29, 1.82) is 0 Å². The normalized spacial score (nSPS) is 10.8. The summed E-state index contributed by atoms with van der Waals surface area (Å²) in [5.74, 6) is -0.214. The Labute approximate surface area is 153 Å². The first-order chi connectivity index (χ1) is 12.7. The number of rotatable bonds is 4. The number of hydrogen-bond donors (Lipinski definition) is 2. The van der Waals surface area contributed by atoms with Gasteiger partial charge in [0, 0.05) is 30.5 Å². The third-order valence-electron chi connectivity index (χ3n) is 3.90. The first kappa shape index (κ1) is 16.2. The van der Waals surface area contributed by atoms with Crippen molar-refractivity contribution in [3.8, 4) is 11.4 Å². The maximum Gasteiger partial charge on any atom is 0.263 e. The minimum atomic E-state index is -0.214. The second-order valence-electron chi connectivity index (χ2n) is 5.65. The van der Waals surface area contributed by atoms with E-state index in [2.05, 4.69) is 20.3 Å². The summed E-state index contributed by atoms with van der Waals surface area (Å²) in [6.07, 6.45) is 5.14. The molecule has 4 rings (SSSR count). The summed E-state index contributed by atoms with van der Waals surface area (Å²) in [4.78, 5) is 26.7. The van der Waals surface area contributed by atoms with E-state index in [0.29, 0.717) is 17.1 Å². The highest BCUT2D eigenvalue weighted by Gasteiger charge is 2.17. The number of hydrogen-bond acceptors (Lipinski definition) is 6. The molecule has 0 atom stereocenters. The second kappa shape index (κ2) is 6.89. The summed E-state index contributed by atoms with van der Waals surface area (Å²) in [6, 6.07) is 13.2. The zero-order chi connectivity index (χ0) is 17.9. The molecule has 128 valence electrons. The van der Waals surface area contributed by atoms with Gasteiger partial charge in [-0.25, -0.2) is 4.98 Å². The van der Waals surface area contributed by atoms with Crippen molar-refractivity contribution in [2.24, 2.45) is 0 Å². The summed E-state index contributed by atoms with van der Waals surface area (Å²) >= 11 is 1.28. The number of fused-ring (bicyclic) bond motifs is 1. The van der Waals surface area contributed by atoms with Crippen molar-refractivity contribution in [3.63, 3.8) is 0 Å². The van der Waals surface area contributed by atoms with Crippen molar-refractivity contribution in [1.82, 2.24) is 20.3 Å². The van der Waals surface area contributed by atoms with Gasteiger partial charge in [0.1, 0.15) is 9.71 Å². The standard InChI is InChI=1S/C19H15N5OS/c20-16-13-6-7-15(14-5-1-2-9-22-14)24-19(13)26-17(16)18(25)23-11-12-4-3-8-21-10-12/h1-10H,11,20H2,(H,23,25). The average molecular weight is 361 g/mol. The number of nitrogens with two attached hydrogens (primary N) is 1. The third kappa shape index (κ3) is 3.12. The van der Waals surface area contributed by atoms with Gasteiger partial charge in [-0.15, -0.1) is 11.3 Å². The highest BCUT2D eigenvalue weighted by atomic mass is 32.1. The van der Waals surface area contributed by atoms with Crippen LogP contribution in [-0.4, -0.2) is 20.9 Å². The zero-order valence-electron chi connectivity index (χ0n) is 13.7. The van der Waals surface area contributed by atoms with Gasteiger partial charge in [0.15, 0.2) is 0 Å². The lowest BCUT2D eigenvalue weighted by molar-refractivity contribution is 0.0956. The molecule has 0 saturated heterocycles. The van der Waals surface area contributed by atoms with Gasteiger partial charge in [-0.1, -0.05) is 12.1 Å².